The van der Waals surface area contributed by atoms with Gasteiger partial charge in [0, 0.05) is 36.1 Å². The third kappa shape index (κ3) is 7.33. The molecule has 3 N–H and O–H groups in total. The first-order chi connectivity index (χ1) is 15.7. The first-order valence-corrected chi connectivity index (χ1v) is 11.8. The lowest BCUT2D eigenvalue weighted by Gasteiger charge is -2.30. The Morgan fingerprint density at radius 1 is 1.06 bits per heavy atom. The molecule has 0 aliphatic heterocycles. The van der Waals surface area contributed by atoms with Crippen LogP contribution >= 0.6 is 11.3 Å². The highest BCUT2D eigenvalue weighted by molar-refractivity contribution is 7.14. The van der Waals surface area contributed by atoms with Gasteiger partial charge in [-0.15, -0.1) is 11.3 Å². The van der Waals surface area contributed by atoms with Gasteiger partial charge < -0.3 is 19.9 Å². The molecule has 9 nitrogen and oxygen atoms in total. The van der Waals surface area contributed by atoms with Gasteiger partial charge in [0.1, 0.15) is 11.4 Å². The van der Waals surface area contributed by atoms with E-state index in [9.17, 15) is 14.7 Å². The number of unbranched alkanes of at least 4 members (excludes halogenated alkanes) is 1. The number of thiazole rings is 1. The van der Waals surface area contributed by atoms with E-state index in [1.807, 2.05) is 0 Å². The van der Waals surface area contributed by atoms with Gasteiger partial charge in [0.2, 0.25) is 0 Å². The Bertz CT molecular complexity index is 937. The molecule has 1 heterocycles. The number of phenols is 1. The van der Waals surface area contributed by atoms with Gasteiger partial charge in [-0.3, -0.25) is 19.8 Å². The van der Waals surface area contributed by atoms with Crippen molar-refractivity contribution >= 4 is 28.3 Å². The molecular weight excluding hydrogens is 444 g/mol. The number of anilines is 1. The minimum atomic E-state index is -0.574. The van der Waals surface area contributed by atoms with Gasteiger partial charge in [-0.2, -0.15) is 0 Å². The normalized spacial score (nSPS) is 11.2. The fourth-order valence-corrected chi connectivity index (χ4v) is 4.16. The number of hydrogen-bond acceptors (Lipinski definition) is 8. The Morgan fingerprint density at radius 3 is 2.30 bits per heavy atom. The van der Waals surface area contributed by atoms with Crippen LogP contribution in [0.3, 0.4) is 0 Å². The fraction of sp³-hybridized carbons (Fsp3) is 0.522. The number of ether oxygens (including phenoxy) is 2. The number of benzene rings is 1. The second kappa shape index (κ2) is 12.4. The van der Waals surface area contributed by atoms with Crippen LogP contribution in [-0.2, 0) is 0 Å². The lowest BCUT2D eigenvalue weighted by molar-refractivity contribution is 0.0945. The number of nitrogens with zero attached hydrogens (tertiary/aromatic N) is 2. The van der Waals surface area contributed by atoms with E-state index in [4.69, 9.17) is 9.47 Å². The summed E-state index contributed by atoms with van der Waals surface area (Å²) in [5, 5.41) is 17.4. The zero-order chi connectivity index (χ0) is 24.5. The van der Waals surface area contributed by atoms with Gasteiger partial charge in [0.25, 0.3) is 11.8 Å². The van der Waals surface area contributed by atoms with Crippen molar-refractivity contribution < 1.29 is 24.2 Å². The molecule has 10 heteroatoms. The van der Waals surface area contributed by atoms with E-state index in [2.05, 4.69) is 48.2 Å². The zero-order valence-corrected chi connectivity index (χ0v) is 20.9. The topological polar surface area (TPSA) is 113 Å². The Morgan fingerprint density at radius 2 is 1.70 bits per heavy atom. The Labute approximate surface area is 199 Å². The van der Waals surface area contributed by atoms with E-state index in [1.165, 1.54) is 26.4 Å². The molecule has 0 bridgehead atoms. The monoisotopic (exact) mass is 478 g/mol. The summed E-state index contributed by atoms with van der Waals surface area (Å²) in [7, 11) is 2.87. The van der Waals surface area contributed by atoms with Crippen molar-refractivity contribution in [2.45, 2.75) is 52.6 Å². The molecule has 1 aromatic carbocycles. The molecule has 0 saturated carbocycles. The van der Waals surface area contributed by atoms with Gasteiger partial charge in [-0.05, 0) is 47.1 Å². The SMILES string of the molecule is COc1cc(O)c(C(=O)Nc2nc(C(=O)NCCCCN(C(C)C)C(C)C)cs2)cc1OC. The maximum Gasteiger partial charge on any atom is 0.270 e. The summed E-state index contributed by atoms with van der Waals surface area (Å²) in [5.41, 5.74) is 0.239. The van der Waals surface area contributed by atoms with Crippen LogP contribution in [-0.4, -0.2) is 66.2 Å². The number of amides is 2. The third-order valence-electron chi connectivity index (χ3n) is 5.16. The number of aromatic hydroxyl groups is 1. The number of carbonyl (C=O) groups is 2. The first-order valence-electron chi connectivity index (χ1n) is 10.9. The molecule has 0 atom stereocenters. The smallest absolute Gasteiger partial charge is 0.270 e. The number of phenolic OH excluding ortho intramolecular Hbond substituents is 1. The van der Waals surface area contributed by atoms with E-state index in [1.54, 1.807) is 5.38 Å². The first kappa shape index (κ1) is 26.4. The molecule has 2 aromatic rings. The summed E-state index contributed by atoms with van der Waals surface area (Å²) in [5.74, 6) is -0.501. The van der Waals surface area contributed by atoms with E-state index >= 15 is 0 Å². The van der Waals surface area contributed by atoms with Gasteiger partial charge in [-0.1, -0.05) is 0 Å². The molecule has 182 valence electrons. The molecule has 2 amide bonds. The van der Waals surface area contributed by atoms with Crippen LogP contribution in [0.1, 0.15) is 61.4 Å². The molecule has 0 fully saturated rings. The Balaban J connectivity index is 1.88. The summed E-state index contributed by atoms with van der Waals surface area (Å²) in [6.45, 7) is 10.3. The number of nitrogens with one attached hydrogen (secondary N) is 2. The average Bonchev–Trinajstić information content (AvgIpc) is 3.23. The van der Waals surface area contributed by atoms with Crippen LogP contribution in [0.4, 0.5) is 5.13 Å². The molecule has 1 aromatic heterocycles. The summed E-state index contributed by atoms with van der Waals surface area (Å²) in [6.07, 6.45) is 1.86. The summed E-state index contributed by atoms with van der Waals surface area (Å²) >= 11 is 1.13. The minimum Gasteiger partial charge on any atom is -0.507 e. The second-order valence-electron chi connectivity index (χ2n) is 8.10. The van der Waals surface area contributed by atoms with Crippen molar-refractivity contribution in [2.75, 3.05) is 32.6 Å². The number of aromatic nitrogens is 1. The van der Waals surface area contributed by atoms with Gasteiger partial charge in [0.05, 0.1) is 19.8 Å². The van der Waals surface area contributed by atoms with E-state index in [0.717, 1.165) is 30.7 Å². The summed E-state index contributed by atoms with van der Waals surface area (Å²) in [4.78, 5) is 31.6. The molecular formula is C23H34N4O5S. The van der Waals surface area contributed by atoms with Crippen LogP contribution in [0.15, 0.2) is 17.5 Å². The highest BCUT2D eigenvalue weighted by atomic mass is 32.1. The van der Waals surface area contributed by atoms with Crippen molar-refractivity contribution in [1.82, 2.24) is 15.2 Å². The predicted molar refractivity (Wildman–Crippen MR) is 130 cm³/mol. The molecule has 0 radical (unpaired) electrons. The number of carbonyl (C=O) groups excluding carboxylic acids is 2. The van der Waals surface area contributed by atoms with Crippen LogP contribution in [0.5, 0.6) is 17.2 Å². The molecule has 0 unspecified atom stereocenters. The minimum absolute atomic E-state index is 0.00527. The predicted octanol–water partition coefficient (Wildman–Crippen LogP) is 3.75. The maximum absolute atomic E-state index is 12.6. The van der Waals surface area contributed by atoms with Crippen LogP contribution < -0.4 is 20.1 Å². The van der Waals surface area contributed by atoms with Gasteiger partial charge in [-0.25, -0.2) is 4.98 Å². The maximum atomic E-state index is 12.6. The standard InChI is InChI=1S/C23H34N4O5S/c1-14(2)27(15(3)4)10-8-7-9-24-22(30)17-13-33-23(25-17)26-21(29)16-11-19(31-5)20(32-6)12-18(16)28/h11-15,28H,7-10H2,1-6H3,(H,24,30)(H,25,26,29). The zero-order valence-electron chi connectivity index (χ0n) is 20.1. The Hall–Kier alpha value is -2.85. The fourth-order valence-electron chi connectivity index (χ4n) is 3.47. The van der Waals surface area contributed by atoms with E-state index < -0.39 is 5.91 Å². The molecule has 33 heavy (non-hydrogen) atoms. The van der Waals surface area contributed by atoms with Crippen molar-refractivity contribution in [1.29, 1.82) is 0 Å². The average molecular weight is 479 g/mol. The molecule has 0 saturated heterocycles. The van der Waals surface area contributed by atoms with Crippen molar-refractivity contribution in [3.05, 3.63) is 28.8 Å². The quantitative estimate of drug-likeness (QED) is 0.398. The third-order valence-corrected chi connectivity index (χ3v) is 5.92. The number of rotatable bonds is 12. The molecule has 0 aliphatic rings. The van der Waals surface area contributed by atoms with Crippen LogP contribution in [0.25, 0.3) is 0 Å². The highest BCUT2D eigenvalue weighted by Crippen LogP contribution is 2.34. The van der Waals surface area contributed by atoms with Gasteiger partial charge >= 0.3 is 0 Å². The van der Waals surface area contributed by atoms with Crippen molar-refractivity contribution in [3.8, 4) is 17.2 Å². The van der Waals surface area contributed by atoms with E-state index in [-0.39, 0.29) is 28.0 Å². The largest absolute Gasteiger partial charge is 0.507 e. The lowest BCUT2D eigenvalue weighted by atomic mass is 10.1. The molecule has 2 rings (SSSR count). The number of methoxy groups -OCH3 is 2. The summed E-state index contributed by atoms with van der Waals surface area (Å²) in [6, 6.07) is 3.66. The number of hydrogen-bond donors (Lipinski definition) is 3. The van der Waals surface area contributed by atoms with Crippen LogP contribution in [0, 0.1) is 0 Å². The molecule has 0 aliphatic carbocycles. The lowest BCUT2D eigenvalue weighted by Crippen LogP contribution is -2.38. The van der Waals surface area contributed by atoms with Gasteiger partial charge in [0.15, 0.2) is 16.6 Å². The Kier molecular flexibility index (Phi) is 9.93. The highest BCUT2D eigenvalue weighted by Gasteiger charge is 2.19. The summed E-state index contributed by atoms with van der Waals surface area (Å²) < 4.78 is 10.3. The molecule has 0 spiro atoms. The van der Waals surface area contributed by atoms with E-state index in [0.29, 0.717) is 30.1 Å². The second-order valence-corrected chi connectivity index (χ2v) is 8.96. The van der Waals surface area contributed by atoms with Crippen molar-refractivity contribution in [2.24, 2.45) is 0 Å². The van der Waals surface area contributed by atoms with Crippen LogP contribution in [0.2, 0.25) is 0 Å². The van der Waals surface area contributed by atoms with Crippen molar-refractivity contribution in [3.63, 3.8) is 0 Å².